The van der Waals surface area contributed by atoms with E-state index in [1.165, 1.54) is 4.90 Å². The molecule has 6 nitrogen and oxygen atoms in total. The van der Waals surface area contributed by atoms with E-state index in [0.717, 1.165) is 11.1 Å². The molecule has 0 saturated heterocycles. The number of ether oxygens (including phenoxy) is 2. The van der Waals surface area contributed by atoms with Gasteiger partial charge in [-0.3, -0.25) is 9.59 Å². The highest BCUT2D eigenvalue weighted by Crippen LogP contribution is 2.36. The van der Waals surface area contributed by atoms with Gasteiger partial charge < -0.3 is 14.8 Å². The molecular weight excluding hydrogens is 428 g/mol. The zero-order valence-corrected chi connectivity index (χ0v) is 19.8. The summed E-state index contributed by atoms with van der Waals surface area (Å²) in [4.78, 5) is 28.4. The second-order valence-corrected chi connectivity index (χ2v) is 7.98. The Morgan fingerprint density at radius 2 is 1.47 bits per heavy atom. The molecule has 0 aromatic heterocycles. The summed E-state index contributed by atoms with van der Waals surface area (Å²) in [6.45, 7) is 8.78. The predicted molar refractivity (Wildman–Crippen MR) is 134 cm³/mol. The number of hydrogen-bond donors (Lipinski definition) is 1. The lowest BCUT2D eigenvalue weighted by Crippen LogP contribution is -2.32. The van der Waals surface area contributed by atoms with Gasteiger partial charge in [-0.25, -0.2) is 4.90 Å². The fraction of sp³-hybridized carbons (Fsp3) is 0.214. The van der Waals surface area contributed by atoms with Crippen LogP contribution in [0, 0.1) is 13.8 Å². The summed E-state index contributed by atoms with van der Waals surface area (Å²) in [5, 5.41) is 3.20. The number of para-hydroxylation sites is 1. The highest BCUT2D eigenvalue weighted by molar-refractivity contribution is 6.46. The van der Waals surface area contributed by atoms with Gasteiger partial charge in [0.05, 0.1) is 24.5 Å². The third-order valence-corrected chi connectivity index (χ3v) is 5.71. The molecule has 1 N–H and O–H groups in total. The number of nitrogens with one attached hydrogen (secondary N) is 1. The predicted octanol–water partition coefficient (Wildman–Crippen LogP) is 5.50. The second-order valence-electron chi connectivity index (χ2n) is 7.98. The van der Waals surface area contributed by atoms with Gasteiger partial charge >= 0.3 is 0 Å². The summed E-state index contributed by atoms with van der Waals surface area (Å²) in [5.74, 6) is 0.423. The van der Waals surface area contributed by atoms with E-state index in [2.05, 4.69) is 5.32 Å². The van der Waals surface area contributed by atoms with Crippen LogP contribution in [0.25, 0.3) is 5.57 Å². The maximum Gasteiger partial charge on any atom is 0.282 e. The van der Waals surface area contributed by atoms with E-state index in [0.29, 0.717) is 47.2 Å². The minimum atomic E-state index is -0.406. The van der Waals surface area contributed by atoms with Crippen molar-refractivity contribution in [3.63, 3.8) is 0 Å². The van der Waals surface area contributed by atoms with Crippen molar-refractivity contribution < 1.29 is 19.1 Å². The Labute approximate surface area is 199 Å². The molecule has 174 valence electrons. The van der Waals surface area contributed by atoms with E-state index in [4.69, 9.17) is 9.47 Å². The number of aryl methyl sites for hydroxylation is 2. The standard InChI is InChI=1S/C28H28N2O4/c1-5-33-23-15-14-21(17-24(23)34-6-2)29-26-25(20-13-12-18(3)19(4)16-20)27(31)30(28(26)32)22-10-8-7-9-11-22/h7-17,29H,5-6H2,1-4H3. The zero-order chi connectivity index (χ0) is 24.2. The molecule has 1 heterocycles. The maximum absolute atomic E-state index is 13.6. The zero-order valence-electron chi connectivity index (χ0n) is 19.8. The first-order valence-electron chi connectivity index (χ1n) is 11.4. The van der Waals surface area contributed by atoms with Crippen molar-refractivity contribution in [2.75, 3.05) is 23.4 Å². The Morgan fingerprint density at radius 3 is 2.15 bits per heavy atom. The Morgan fingerprint density at radius 1 is 0.765 bits per heavy atom. The van der Waals surface area contributed by atoms with Crippen LogP contribution in [-0.2, 0) is 9.59 Å². The minimum Gasteiger partial charge on any atom is -0.490 e. The van der Waals surface area contributed by atoms with Gasteiger partial charge in [-0.15, -0.1) is 0 Å². The first-order valence-corrected chi connectivity index (χ1v) is 11.4. The number of hydrogen-bond acceptors (Lipinski definition) is 5. The van der Waals surface area contributed by atoms with Crippen molar-refractivity contribution in [3.05, 3.63) is 89.1 Å². The molecule has 3 aromatic rings. The number of carbonyl (C=O) groups is 2. The van der Waals surface area contributed by atoms with Crippen molar-refractivity contribution in [1.82, 2.24) is 0 Å². The van der Waals surface area contributed by atoms with Crippen molar-refractivity contribution >= 4 is 28.8 Å². The van der Waals surface area contributed by atoms with E-state index in [9.17, 15) is 9.59 Å². The molecule has 0 atom stereocenters. The van der Waals surface area contributed by atoms with Crippen LogP contribution in [0.5, 0.6) is 11.5 Å². The van der Waals surface area contributed by atoms with Gasteiger partial charge in [0.25, 0.3) is 11.8 Å². The van der Waals surface area contributed by atoms with Crippen molar-refractivity contribution in [2.45, 2.75) is 27.7 Å². The van der Waals surface area contributed by atoms with Crippen LogP contribution < -0.4 is 19.7 Å². The molecule has 0 bridgehead atoms. The van der Waals surface area contributed by atoms with Crippen LogP contribution in [0.1, 0.15) is 30.5 Å². The highest BCUT2D eigenvalue weighted by Gasteiger charge is 2.40. The van der Waals surface area contributed by atoms with E-state index >= 15 is 0 Å². The molecule has 1 aliphatic heterocycles. The van der Waals surface area contributed by atoms with Crippen LogP contribution >= 0.6 is 0 Å². The lowest BCUT2D eigenvalue weighted by molar-refractivity contribution is -0.120. The molecule has 4 rings (SSSR count). The Hall–Kier alpha value is -4.06. The summed E-state index contributed by atoms with van der Waals surface area (Å²) in [6.07, 6.45) is 0. The smallest absolute Gasteiger partial charge is 0.282 e. The molecule has 34 heavy (non-hydrogen) atoms. The molecule has 0 radical (unpaired) electrons. The van der Waals surface area contributed by atoms with Crippen LogP contribution in [-0.4, -0.2) is 25.0 Å². The van der Waals surface area contributed by atoms with Gasteiger partial charge in [0.1, 0.15) is 5.70 Å². The molecule has 6 heteroatoms. The highest BCUT2D eigenvalue weighted by atomic mass is 16.5. The number of carbonyl (C=O) groups excluding carboxylic acids is 2. The molecule has 0 fully saturated rings. The molecular formula is C28H28N2O4. The number of benzene rings is 3. The summed E-state index contributed by atoms with van der Waals surface area (Å²) in [6, 6.07) is 20.1. The number of nitrogens with zero attached hydrogens (tertiary/aromatic N) is 1. The van der Waals surface area contributed by atoms with E-state index in [1.807, 2.05) is 58.0 Å². The average Bonchev–Trinajstić information content (AvgIpc) is 3.07. The quantitative estimate of drug-likeness (QED) is 0.454. The van der Waals surface area contributed by atoms with Crippen molar-refractivity contribution in [2.24, 2.45) is 0 Å². The molecule has 0 saturated carbocycles. The third-order valence-electron chi connectivity index (χ3n) is 5.71. The average molecular weight is 457 g/mol. The van der Waals surface area contributed by atoms with Gasteiger partial charge in [0.2, 0.25) is 0 Å². The van der Waals surface area contributed by atoms with Gasteiger partial charge in [0.15, 0.2) is 11.5 Å². The largest absolute Gasteiger partial charge is 0.490 e. The summed E-state index contributed by atoms with van der Waals surface area (Å²) in [7, 11) is 0. The molecule has 3 aromatic carbocycles. The SMILES string of the molecule is CCOc1ccc(NC2=C(c3ccc(C)c(C)c3)C(=O)N(c3ccccc3)C2=O)cc1OCC. The lowest BCUT2D eigenvalue weighted by atomic mass is 9.99. The third kappa shape index (κ3) is 4.39. The number of imide groups is 1. The monoisotopic (exact) mass is 456 g/mol. The summed E-state index contributed by atoms with van der Waals surface area (Å²) >= 11 is 0. The first-order chi connectivity index (χ1) is 16.4. The van der Waals surface area contributed by atoms with E-state index in [-0.39, 0.29) is 11.6 Å². The summed E-state index contributed by atoms with van der Waals surface area (Å²) < 4.78 is 11.4. The van der Waals surface area contributed by atoms with E-state index in [1.54, 1.807) is 36.4 Å². The Balaban J connectivity index is 1.81. The summed E-state index contributed by atoms with van der Waals surface area (Å²) in [5.41, 5.74) is 4.56. The van der Waals surface area contributed by atoms with Gasteiger partial charge in [-0.05, 0) is 68.7 Å². The molecule has 1 aliphatic rings. The molecule has 0 spiro atoms. The van der Waals surface area contributed by atoms with Crippen molar-refractivity contribution in [3.8, 4) is 11.5 Å². The fourth-order valence-corrected chi connectivity index (χ4v) is 3.90. The minimum absolute atomic E-state index is 0.226. The number of amides is 2. The molecule has 2 amide bonds. The first kappa shape index (κ1) is 23.1. The van der Waals surface area contributed by atoms with Crippen LogP contribution in [0.2, 0.25) is 0 Å². The Bertz CT molecular complexity index is 1260. The van der Waals surface area contributed by atoms with Gasteiger partial charge in [-0.1, -0.05) is 36.4 Å². The van der Waals surface area contributed by atoms with Crippen LogP contribution in [0.4, 0.5) is 11.4 Å². The van der Waals surface area contributed by atoms with Crippen LogP contribution in [0.15, 0.2) is 72.4 Å². The van der Waals surface area contributed by atoms with Gasteiger partial charge in [-0.2, -0.15) is 0 Å². The fourth-order valence-electron chi connectivity index (χ4n) is 3.90. The Kier molecular flexibility index (Phi) is 6.68. The topological polar surface area (TPSA) is 67.9 Å². The normalized spacial score (nSPS) is 13.5. The van der Waals surface area contributed by atoms with Crippen LogP contribution in [0.3, 0.4) is 0 Å². The van der Waals surface area contributed by atoms with Gasteiger partial charge in [0, 0.05) is 11.8 Å². The maximum atomic E-state index is 13.6. The number of rotatable bonds is 8. The molecule has 0 unspecified atom stereocenters. The van der Waals surface area contributed by atoms with Crippen molar-refractivity contribution in [1.29, 1.82) is 0 Å². The van der Waals surface area contributed by atoms with E-state index < -0.39 is 5.91 Å². The lowest BCUT2D eigenvalue weighted by Gasteiger charge is -2.16. The number of anilines is 2. The second kappa shape index (κ2) is 9.83. The molecule has 0 aliphatic carbocycles.